The monoisotopic (exact) mass is 398 g/mol. The minimum absolute atomic E-state index is 0.0491. The van der Waals surface area contributed by atoms with E-state index in [1.807, 2.05) is 13.0 Å². The van der Waals surface area contributed by atoms with Gasteiger partial charge < -0.3 is 14.4 Å². The fourth-order valence-electron chi connectivity index (χ4n) is 2.72. The molecule has 9 heteroatoms. The predicted octanol–water partition coefficient (Wildman–Crippen LogP) is 4.15. The van der Waals surface area contributed by atoms with Gasteiger partial charge in [0.25, 0.3) is 0 Å². The van der Waals surface area contributed by atoms with E-state index in [1.165, 1.54) is 36.0 Å². The number of aromatic nitrogens is 1. The number of nitrogens with zero attached hydrogens (tertiary/aromatic N) is 2. The normalized spacial score (nSPS) is 17.3. The number of pyridine rings is 1. The van der Waals surface area contributed by atoms with Gasteiger partial charge in [-0.25, -0.2) is 4.98 Å². The fourth-order valence-corrected chi connectivity index (χ4v) is 3.92. The summed E-state index contributed by atoms with van der Waals surface area (Å²) in [6, 6.07) is 9.15. The largest absolute Gasteiger partial charge is 0.573 e. The van der Waals surface area contributed by atoms with Crippen molar-refractivity contribution in [3.63, 3.8) is 0 Å². The zero-order chi connectivity index (χ0) is 19.4. The Morgan fingerprint density at radius 3 is 2.67 bits per heavy atom. The van der Waals surface area contributed by atoms with Crippen LogP contribution in [-0.4, -0.2) is 34.5 Å². The SMILES string of the molecule is CCOc1ncccc1C1SCC(=O)N1Cc1ccc(OC(F)(F)F)cc1. The molecular formula is C18H17F3N2O3S. The summed E-state index contributed by atoms with van der Waals surface area (Å²) in [6.45, 7) is 2.58. The van der Waals surface area contributed by atoms with Crippen LogP contribution in [0.1, 0.15) is 23.4 Å². The number of rotatable bonds is 6. The number of alkyl halides is 3. The van der Waals surface area contributed by atoms with Gasteiger partial charge in [-0.2, -0.15) is 0 Å². The minimum atomic E-state index is -4.73. The first kappa shape index (κ1) is 19.3. The number of hydrogen-bond donors (Lipinski definition) is 0. The molecule has 27 heavy (non-hydrogen) atoms. The fraction of sp³-hybridized carbons (Fsp3) is 0.333. The van der Waals surface area contributed by atoms with E-state index in [1.54, 1.807) is 17.2 Å². The van der Waals surface area contributed by atoms with Crippen LogP contribution in [0.4, 0.5) is 13.2 Å². The summed E-state index contributed by atoms with van der Waals surface area (Å²) >= 11 is 1.46. The Labute approximate surface area is 158 Å². The number of ether oxygens (including phenoxy) is 2. The molecule has 2 aromatic rings. The molecule has 1 aromatic carbocycles. The van der Waals surface area contributed by atoms with Gasteiger partial charge >= 0.3 is 6.36 Å². The average molecular weight is 398 g/mol. The van der Waals surface area contributed by atoms with Gasteiger partial charge in [0.1, 0.15) is 11.1 Å². The van der Waals surface area contributed by atoms with Crippen LogP contribution in [0, 0.1) is 0 Å². The van der Waals surface area contributed by atoms with Crippen molar-refractivity contribution in [2.45, 2.75) is 25.2 Å². The topological polar surface area (TPSA) is 51.7 Å². The summed E-state index contributed by atoms with van der Waals surface area (Å²) in [5, 5.41) is -0.265. The Morgan fingerprint density at radius 2 is 2.00 bits per heavy atom. The van der Waals surface area contributed by atoms with Crippen LogP contribution in [0.2, 0.25) is 0 Å². The van der Waals surface area contributed by atoms with Crippen molar-refractivity contribution in [2.24, 2.45) is 0 Å². The lowest BCUT2D eigenvalue weighted by Crippen LogP contribution is -2.28. The smallest absolute Gasteiger partial charge is 0.478 e. The quantitative estimate of drug-likeness (QED) is 0.732. The average Bonchev–Trinajstić information content (AvgIpc) is 2.97. The van der Waals surface area contributed by atoms with E-state index in [0.29, 0.717) is 23.8 Å². The van der Waals surface area contributed by atoms with Crippen molar-refractivity contribution in [1.82, 2.24) is 9.88 Å². The molecule has 1 aliphatic heterocycles. The summed E-state index contributed by atoms with van der Waals surface area (Å²) in [5.41, 5.74) is 1.50. The van der Waals surface area contributed by atoms with Crippen molar-refractivity contribution in [3.8, 4) is 11.6 Å². The van der Waals surface area contributed by atoms with Gasteiger partial charge in [0.2, 0.25) is 11.8 Å². The number of hydrogen-bond acceptors (Lipinski definition) is 5. The number of halogens is 3. The Hall–Kier alpha value is -2.42. The highest BCUT2D eigenvalue weighted by Crippen LogP contribution is 2.42. The number of amides is 1. The van der Waals surface area contributed by atoms with Crippen LogP contribution in [0.25, 0.3) is 0 Å². The van der Waals surface area contributed by atoms with E-state index in [9.17, 15) is 18.0 Å². The van der Waals surface area contributed by atoms with Crippen molar-refractivity contribution in [3.05, 3.63) is 53.7 Å². The molecule has 1 fully saturated rings. The zero-order valence-corrected chi connectivity index (χ0v) is 15.2. The first-order valence-corrected chi connectivity index (χ1v) is 9.25. The van der Waals surface area contributed by atoms with Gasteiger partial charge in [0, 0.05) is 18.3 Å². The minimum Gasteiger partial charge on any atom is -0.478 e. The Balaban J connectivity index is 1.78. The Morgan fingerprint density at radius 1 is 1.26 bits per heavy atom. The van der Waals surface area contributed by atoms with Gasteiger partial charge in [-0.3, -0.25) is 4.79 Å². The van der Waals surface area contributed by atoms with E-state index >= 15 is 0 Å². The van der Waals surface area contributed by atoms with Crippen LogP contribution in [-0.2, 0) is 11.3 Å². The molecular weight excluding hydrogens is 381 g/mol. The summed E-state index contributed by atoms with van der Waals surface area (Å²) in [6.07, 6.45) is -3.11. The predicted molar refractivity (Wildman–Crippen MR) is 94.3 cm³/mol. The van der Waals surface area contributed by atoms with E-state index in [2.05, 4.69) is 9.72 Å². The van der Waals surface area contributed by atoms with E-state index < -0.39 is 6.36 Å². The van der Waals surface area contributed by atoms with Crippen molar-refractivity contribution < 1.29 is 27.4 Å². The molecule has 1 aliphatic rings. The molecule has 1 saturated heterocycles. The van der Waals surface area contributed by atoms with Crippen molar-refractivity contribution in [1.29, 1.82) is 0 Å². The lowest BCUT2D eigenvalue weighted by atomic mass is 10.1. The molecule has 0 bridgehead atoms. The van der Waals surface area contributed by atoms with Gasteiger partial charge in [0.05, 0.1) is 12.4 Å². The van der Waals surface area contributed by atoms with Crippen molar-refractivity contribution >= 4 is 17.7 Å². The summed E-state index contributed by atoms with van der Waals surface area (Å²) in [4.78, 5) is 18.3. The summed E-state index contributed by atoms with van der Waals surface area (Å²) < 4.78 is 46.2. The molecule has 0 saturated carbocycles. The summed E-state index contributed by atoms with van der Waals surface area (Å²) in [5.74, 6) is 0.453. The second-order valence-corrected chi connectivity index (χ2v) is 6.78. The standard InChI is InChI=1S/C18H17F3N2O3S/c1-2-25-16-14(4-3-9-22-16)17-23(15(24)11-27-17)10-12-5-7-13(8-6-12)26-18(19,20)21/h3-9,17H,2,10-11H2,1H3. The number of benzene rings is 1. The number of carbonyl (C=O) groups excluding carboxylic acids is 1. The molecule has 3 rings (SSSR count). The highest BCUT2D eigenvalue weighted by Gasteiger charge is 2.35. The van der Waals surface area contributed by atoms with Gasteiger partial charge in [-0.05, 0) is 36.8 Å². The first-order valence-electron chi connectivity index (χ1n) is 8.21. The molecule has 0 spiro atoms. The van der Waals surface area contributed by atoms with Gasteiger partial charge in [0.15, 0.2) is 0 Å². The molecule has 0 aliphatic carbocycles. The van der Waals surface area contributed by atoms with Crippen LogP contribution in [0.3, 0.4) is 0 Å². The molecule has 2 heterocycles. The molecule has 1 atom stereocenters. The van der Waals surface area contributed by atoms with Crippen LogP contribution in [0.15, 0.2) is 42.6 Å². The maximum absolute atomic E-state index is 12.4. The zero-order valence-electron chi connectivity index (χ0n) is 14.4. The Bertz CT molecular complexity index is 799. The second-order valence-electron chi connectivity index (χ2n) is 5.71. The van der Waals surface area contributed by atoms with Crippen LogP contribution in [0.5, 0.6) is 11.6 Å². The third-order valence-electron chi connectivity index (χ3n) is 3.83. The van der Waals surface area contributed by atoms with Gasteiger partial charge in [-0.1, -0.05) is 12.1 Å². The highest BCUT2D eigenvalue weighted by atomic mass is 32.2. The molecule has 0 N–H and O–H groups in total. The van der Waals surface area contributed by atoms with E-state index in [0.717, 1.165) is 5.56 Å². The van der Waals surface area contributed by atoms with Crippen molar-refractivity contribution in [2.75, 3.05) is 12.4 Å². The van der Waals surface area contributed by atoms with E-state index in [4.69, 9.17) is 4.74 Å². The van der Waals surface area contributed by atoms with Gasteiger partial charge in [-0.15, -0.1) is 24.9 Å². The number of carbonyl (C=O) groups is 1. The maximum Gasteiger partial charge on any atom is 0.573 e. The highest BCUT2D eigenvalue weighted by molar-refractivity contribution is 8.00. The molecule has 1 unspecified atom stereocenters. The maximum atomic E-state index is 12.4. The third kappa shape index (κ3) is 4.85. The molecule has 1 aromatic heterocycles. The molecule has 5 nitrogen and oxygen atoms in total. The molecule has 144 valence electrons. The molecule has 0 radical (unpaired) electrons. The third-order valence-corrected chi connectivity index (χ3v) is 5.06. The summed E-state index contributed by atoms with van der Waals surface area (Å²) in [7, 11) is 0. The van der Waals surface area contributed by atoms with E-state index in [-0.39, 0.29) is 23.6 Å². The Kier molecular flexibility index (Phi) is 5.79. The number of thioether (sulfide) groups is 1. The first-order chi connectivity index (χ1) is 12.9. The van der Waals surface area contributed by atoms with Crippen LogP contribution >= 0.6 is 11.8 Å². The lowest BCUT2D eigenvalue weighted by molar-refractivity contribution is -0.274. The lowest BCUT2D eigenvalue weighted by Gasteiger charge is -2.25. The van der Waals surface area contributed by atoms with Crippen LogP contribution < -0.4 is 9.47 Å². The second kappa shape index (κ2) is 8.08. The molecule has 1 amide bonds.